The van der Waals surface area contributed by atoms with Crippen molar-refractivity contribution in [3.63, 3.8) is 0 Å². The lowest BCUT2D eigenvalue weighted by molar-refractivity contribution is 0.0793. The van der Waals surface area contributed by atoms with Crippen molar-refractivity contribution < 1.29 is 4.79 Å². The van der Waals surface area contributed by atoms with Crippen LogP contribution < -0.4 is 4.90 Å². The normalized spacial score (nSPS) is 17.0. The lowest BCUT2D eigenvalue weighted by atomic mass is 9.95. The number of pyridine rings is 2. The molecule has 1 aromatic carbocycles. The molecule has 0 unspecified atom stereocenters. The first-order valence-electron chi connectivity index (χ1n) is 12.7. The Morgan fingerprint density at radius 2 is 1.81 bits per heavy atom. The van der Waals surface area contributed by atoms with Crippen molar-refractivity contribution in [2.75, 3.05) is 18.0 Å². The van der Waals surface area contributed by atoms with E-state index < -0.39 is 0 Å². The lowest BCUT2D eigenvalue weighted by Gasteiger charge is -2.19. The molecule has 0 spiro atoms. The van der Waals surface area contributed by atoms with Gasteiger partial charge in [-0.2, -0.15) is 0 Å². The molecule has 5 heterocycles. The number of amides is 1. The molecule has 36 heavy (non-hydrogen) atoms. The van der Waals surface area contributed by atoms with Crippen molar-refractivity contribution in [2.24, 2.45) is 0 Å². The molecule has 3 aliphatic rings. The van der Waals surface area contributed by atoms with Crippen molar-refractivity contribution in [1.29, 1.82) is 0 Å². The van der Waals surface area contributed by atoms with Gasteiger partial charge in [-0.25, -0.2) is 4.98 Å². The highest BCUT2D eigenvalue weighted by atomic mass is 16.2. The number of rotatable bonds is 5. The third-order valence-corrected chi connectivity index (χ3v) is 7.46. The van der Waals surface area contributed by atoms with E-state index in [-0.39, 0.29) is 5.91 Å². The molecular weight excluding hydrogens is 450 g/mol. The number of nitrogens with zero attached hydrogens (tertiary/aromatic N) is 7. The monoisotopic (exact) mass is 477 g/mol. The summed E-state index contributed by atoms with van der Waals surface area (Å²) in [6.45, 7) is 3.12. The highest BCUT2D eigenvalue weighted by molar-refractivity contribution is 6.01. The molecule has 8 nitrogen and oxygen atoms in total. The minimum atomic E-state index is 0.118. The van der Waals surface area contributed by atoms with E-state index in [1.54, 1.807) is 6.20 Å². The number of hydrogen-bond donors (Lipinski definition) is 0. The van der Waals surface area contributed by atoms with Crippen LogP contribution in [0.15, 0.2) is 61.2 Å². The Morgan fingerprint density at radius 1 is 0.972 bits per heavy atom. The van der Waals surface area contributed by atoms with Crippen LogP contribution in [0.1, 0.15) is 53.2 Å². The number of carbonyl (C=O) groups excluding carboxylic acids is 1. The maximum atomic E-state index is 13.5. The summed E-state index contributed by atoms with van der Waals surface area (Å²) in [4.78, 5) is 27.1. The Balaban J connectivity index is 1.23. The van der Waals surface area contributed by atoms with Crippen LogP contribution in [0, 0.1) is 0 Å². The summed E-state index contributed by atoms with van der Waals surface area (Å²) in [6.07, 6.45) is 9.91. The van der Waals surface area contributed by atoms with Crippen LogP contribution in [0.25, 0.3) is 22.6 Å². The smallest absolute Gasteiger partial charge is 0.254 e. The van der Waals surface area contributed by atoms with E-state index >= 15 is 0 Å². The molecule has 1 saturated heterocycles. The second kappa shape index (κ2) is 8.55. The molecule has 7 rings (SSSR count). The summed E-state index contributed by atoms with van der Waals surface area (Å²) in [6, 6.07) is 14.8. The Hall–Kier alpha value is -4.07. The van der Waals surface area contributed by atoms with Gasteiger partial charge in [0.2, 0.25) is 0 Å². The number of likely N-dealkylation sites (tertiary alicyclic amines) is 1. The van der Waals surface area contributed by atoms with Gasteiger partial charge < -0.3 is 14.4 Å². The van der Waals surface area contributed by atoms with Gasteiger partial charge in [0, 0.05) is 55.7 Å². The average molecular weight is 478 g/mol. The molecule has 2 aliphatic heterocycles. The molecule has 1 aliphatic carbocycles. The van der Waals surface area contributed by atoms with Crippen molar-refractivity contribution in [1.82, 2.24) is 29.6 Å². The fourth-order valence-corrected chi connectivity index (χ4v) is 5.41. The van der Waals surface area contributed by atoms with E-state index in [1.165, 1.54) is 24.0 Å². The molecule has 3 aromatic heterocycles. The highest BCUT2D eigenvalue weighted by Gasteiger charge is 2.29. The van der Waals surface area contributed by atoms with Gasteiger partial charge in [0.05, 0.1) is 0 Å². The molecule has 0 radical (unpaired) electrons. The fraction of sp³-hybridized carbons (Fsp3) is 0.321. The van der Waals surface area contributed by atoms with Crippen LogP contribution in [0.2, 0.25) is 0 Å². The average Bonchev–Trinajstić information content (AvgIpc) is 3.32. The summed E-state index contributed by atoms with van der Waals surface area (Å²) in [7, 11) is 0. The van der Waals surface area contributed by atoms with Gasteiger partial charge in [0.25, 0.3) is 5.91 Å². The number of carbonyl (C=O) groups is 1. The van der Waals surface area contributed by atoms with Gasteiger partial charge >= 0.3 is 0 Å². The van der Waals surface area contributed by atoms with Crippen molar-refractivity contribution in [3.8, 4) is 22.6 Å². The Morgan fingerprint density at radius 3 is 2.58 bits per heavy atom. The summed E-state index contributed by atoms with van der Waals surface area (Å²) >= 11 is 0. The van der Waals surface area contributed by atoms with Crippen LogP contribution >= 0.6 is 0 Å². The lowest BCUT2D eigenvalue weighted by Crippen LogP contribution is -2.28. The zero-order valence-corrected chi connectivity index (χ0v) is 20.0. The van der Waals surface area contributed by atoms with Crippen LogP contribution in [-0.4, -0.2) is 48.6 Å². The summed E-state index contributed by atoms with van der Waals surface area (Å²) in [5, 5.41) is 8.49. The van der Waals surface area contributed by atoms with Crippen molar-refractivity contribution in [3.05, 3.63) is 77.9 Å². The van der Waals surface area contributed by atoms with E-state index in [9.17, 15) is 4.79 Å². The van der Waals surface area contributed by atoms with Crippen LogP contribution in [0.5, 0.6) is 0 Å². The largest absolute Gasteiger partial charge is 0.348 e. The van der Waals surface area contributed by atoms with Crippen LogP contribution in [0.4, 0.5) is 5.82 Å². The Kier molecular flexibility index (Phi) is 5.04. The molecular formula is C28H27N7O. The fourth-order valence-electron chi connectivity index (χ4n) is 5.41. The number of benzene rings is 1. The minimum Gasteiger partial charge on any atom is -0.348 e. The first-order chi connectivity index (χ1) is 17.7. The maximum absolute atomic E-state index is 13.5. The van der Waals surface area contributed by atoms with Crippen LogP contribution in [-0.2, 0) is 13.1 Å². The maximum Gasteiger partial charge on any atom is 0.254 e. The third kappa shape index (κ3) is 3.73. The van der Waals surface area contributed by atoms with Gasteiger partial charge in [-0.1, -0.05) is 12.1 Å². The Labute approximate surface area is 209 Å². The molecule has 0 atom stereocenters. The first-order valence-corrected chi connectivity index (χ1v) is 12.7. The quantitative estimate of drug-likeness (QED) is 0.421. The Bertz CT molecular complexity index is 1440. The highest BCUT2D eigenvalue weighted by Crippen LogP contribution is 2.38. The first kappa shape index (κ1) is 21.2. The molecule has 4 aromatic rings. The molecule has 1 amide bonds. The van der Waals surface area contributed by atoms with Gasteiger partial charge in [0.1, 0.15) is 17.8 Å². The molecule has 1 saturated carbocycles. The standard InChI is InChI=1S/C28H27N7O/c36-28(33-11-1-2-12-33)24-14-21-17-34(16-20(21)13-23(24)19-5-4-10-29-15-19)26-7-3-6-25(31-26)27-32-30-18-35(27)22-8-9-22/h3-7,10,13-15,18,22H,1-2,8-9,11-12,16-17H2. The van der Waals surface area contributed by atoms with Crippen LogP contribution in [0.3, 0.4) is 0 Å². The van der Waals surface area contributed by atoms with Gasteiger partial charge in [-0.15, -0.1) is 10.2 Å². The zero-order chi connectivity index (χ0) is 24.1. The van der Waals surface area contributed by atoms with E-state index in [0.29, 0.717) is 12.6 Å². The third-order valence-electron chi connectivity index (χ3n) is 7.46. The summed E-state index contributed by atoms with van der Waals surface area (Å²) in [5.41, 5.74) is 5.94. The van der Waals surface area contributed by atoms with E-state index in [1.807, 2.05) is 47.8 Å². The molecule has 8 heteroatoms. The number of fused-ring (bicyclic) bond motifs is 1. The van der Waals surface area contributed by atoms with E-state index in [4.69, 9.17) is 4.98 Å². The minimum absolute atomic E-state index is 0.118. The van der Waals surface area contributed by atoms with Crippen molar-refractivity contribution >= 4 is 11.7 Å². The molecule has 180 valence electrons. The van der Waals surface area contributed by atoms with Crippen molar-refractivity contribution in [2.45, 2.75) is 44.8 Å². The van der Waals surface area contributed by atoms with Gasteiger partial charge in [-0.05, 0) is 72.7 Å². The number of aromatic nitrogens is 5. The predicted molar refractivity (Wildman–Crippen MR) is 136 cm³/mol. The molecule has 2 fully saturated rings. The molecule has 0 bridgehead atoms. The second-order valence-corrected chi connectivity index (χ2v) is 9.94. The second-order valence-electron chi connectivity index (χ2n) is 9.94. The van der Waals surface area contributed by atoms with E-state index in [0.717, 1.165) is 66.5 Å². The topological polar surface area (TPSA) is 80.0 Å². The SMILES string of the molecule is O=C(c1cc2c(cc1-c1cccnc1)CN(c1cccc(-c3nncn3C3CC3)n1)C2)N1CCCC1. The number of anilines is 1. The number of hydrogen-bond acceptors (Lipinski definition) is 6. The van der Waals surface area contributed by atoms with E-state index in [2.05, 4.69) is 36.8 Å². The van der Waals surface area contributed by atoms with Gasteiger partial charge in [-0.3, -0.25) is 9.78 Å². The zero-order valence-electron chi connectivity index (χ0n) is 20.0. The summed E-state index contributed by atoms with van der Waals surface area (Å²) in [5.74, 6) is 1.85. The summed E-state index contributed by atoms with van der Waals surface area (Å²) < 4.78 is 2.14. The van der Waals surface area contributed by atoms with Gasteiger partial charge in [0.15, 0.2) is 5.82 Å². The molecule has 0 N–H and O–H groups in total. The predicted octanol–water partition coefficient (Wildman–Crippen LogP) is 4.49.